The molecule has 2 N–H and O–H groups in total. The Labute approximate surface area is 99.1 Å². The van der Waals surface area contributed by atoms with Gasteiger partial charge in [0.1, 0.15) is 5.01 Å². The van der Waals surface area contributed by atoms with Gasteiger partial charge < -0.3 is 5.73 Å². The van der Waals surface area contributed by atoms with Gasteiger partial charge in [-0.2, -0.15) is 5.10 Å². The summed E-state index contributed by atoms with van der Waals surface area (Å²) in [6.07, 6.45) is 3.84. The van der Waals surface area contributed by atoms with Gasteiger partial charge in [-0.05, 0) is 20.8 Å². The summed E-state index contributed by atoms with van der Waals surface area (Å²) in [4.78, 5) is 4.54. The highest BCUT2D eigenvalue weighted by Crippen LogP contribution is 2.26. The van der Waals surface area contributed by atoms with Crippen molar-refractivity contribution in [3.05, 3.63) is 22.8 Å². The van der Waals surface area contributed by atoms with Crippen molar-refractivity contribution in [1.82, 2.24) is 14.8 Å². The lowest BCUT2D eigenvalue weighted by atomic mass is 10.1. The lowest BCUT2D eigenvalue weighted by Gasteiger charge is -2.13. The molecular formula is C11H16N4S. The molecule has 0 radical (unpaired) electrons. The SMILES string of the molecule is CCn1cc(-c2csc(C(C)(C)N)n2)cn1. The molecule has 5 heteroatoms. The largest absolute Gasteiger partial charge is 0.320 e. The fourth-order valence-corrected chi connectivity index (χ4v) is 2.24. The van der Waals surface area contributed by atoms with E-state index >= 15 is 0 Å². The Kier molecular flexibility index (Phi) is 2.82. The van der Waals surface area contributed by atoms with Crippen LogP contribution < -0.4 is 5.73 Å². The summed E-state index contributed by atoms with van der Waals surface area (Å²) < 4.78 is 1.89. The van der Waals surface area contributed by atoms with E-state index in [1.165, 1.54) is 0 Å². The van der Waals surface area contributed by atoms with Crippen molar-refractivity contribution in [2.24, 2.45) is 5.73 Å². The highest BCUT2D eigenvalue weighted by atomic mass is 32.1. The van der Waals surface area contributed by atoms with Crippen LogP contribution in [0.1, 0.15) is 25.8 Å². The van der Waals surface area contributed by atoms with Crippen molar-refractivity contribution in [3.8, 4) is 11.3 Å². The van der Waals surface area contributed by atoms with Gasteiger partial charge in [0.2, 0.25) is 0 Å². The van der Waals surface area contributed by atoms with E-state index in [0.29, 0.717) is 0 Å². The van der Waals surface area contributed by atoms with Crippen molar-refractivity contribution < 1.29 is 0 Å². The van der Waals surface area contributed by atoms with Crippen LogP contribution in [0.4, 0.5) is 0 Å². The van der Waals surface area contributed by atoms with E-state index in [2.05, 4.69) is 17.0 Å². The minimum Gasteiger partial charge on any atom is -0.320 e. The summed E-state index contributed by atoms with van der Waals surface area (Å²) in [5.41, 5.74) is 7.64. The van der Waals surface area contributed by atoms with Gasteiger partial charge in [-0.25, -0.2) is 4.98 Å². The van der Waals surface area contributed by atoms with Gasteiger partial charge in [0, 0.05) is 23.7 Å². The maximum absolute atomic E-state index is 6.01. The molecule has 2 heterocycles. The second-order valence-corrected chi connectivity index (χ2v) is 5.20. The van der Waals surface area contributed by atoms with Crippen LogP contribution in [0.2, 0.25) is 0 Å². The molecular weight excluding hydrogens is 220 g/mol. The third-order valence-corrected chi connectivity index (χ3v) is 3.49. The van der Waals surface area contributed by atoms with Gasteiger partial charge in [0.25, 0.3) is 0 Å². The molecule has 0 aliphatic carbocycles. The molecule has 0 fully saturated rings. The summed E-state index contributed by atoms with van der Waals surface area (Å²) in [7, 11) is 0. The summed E-state index contributed by atoms with van der Waals surface area (Å²) in [5, 5.41) is 7.21. The molecule has 0 saturated heterocycles. The second kappa shape index (κ2) is 3.99. The van der Waals surface area contributed by atoms with Crippen molar-refractivity contribution in [2.75, 3.05) is 0 Å². The summed E-state index contributed by atoms with van der Waals surface area (Å²) in [6.45, 7) is 6.86. The van der Waals surface area contributed by atoms with Crippen LogP contribution in [0.3, 0.4) is 0 Å². The van der Waals surface area contributed by atoms with E-state index in [1.807, 2.05) is 36.3 Å². The topological polar surface area (TPSA) is 56.7 Å². The molecule has 0 aromatic carbocycles. The van der Waals surface area contributed by atoms with Crippen LogP contribution in [0, 0.1) is 0 Å². The third-order valence-electron chi connectivity index (χ3n) is 2.31. The molecule has 0 unspecified atom stereocenters. The number of thiazole rings is 1. The Morgan fingerprint density at radius 3 is 2.75 bits per heavy atom. The van der Waals surface area contributed by atoms with Crippen LogP contribution in [-0.2, 0) is 12.1 Å². The first-order valence-corrected chi connectivity index (χ1v) is 6.16. The zero-order chi connectivity index (χ0) is 11.8. The van der Waals surface area contributed by atoms with Crippen LogP contribution >= 0.6 is 11.3 Å². The van der Waals surface area contributed by atoms with E-state index in [0.717, 1.165) is 22.8 Å². The standard InChI is InChI=1S/C11H16N4S/c1-4-15-6-8(5-13-15)9-7-16-10(14-9)11(2,3)12/h5-7H,4,12H2,1-3H3. The number of aryl methyl sites for hydroxylation is 1. The monoisotopic (exact) mass is 236 g/mol. The maximum atomic E-state index is 6.01. The van der Waals surface area contributed by atoms with Crippen molar-refractivity contribution in [3.63, 3.8) is 0 Å². The molecule has 0 bridgehead atoms. The summed E-state index contributed by atoms with van der Waals surface area (Å²) in [6, 6.07) is 0. The van der Waals surface area contributed by atoms with Crippen LogP contribution in [0.25, 0.3) is 11.3 Å². The quantitative estimate of drug-likeness (QED) is 0.889. The lowest BCUT2D eigenvalue weighted by Crippen LogP contribution is -2.28. The Bertz CT molecular complexity index is 478. The first-order valence-electron chi connectivity index (χ1n) is 5.28. The fraction of sp³-hybridized carbons (Fsp3) is 0.455. The van der Waals surface area contributed by atoms with E-state index in [-0.39, 0.29) is 5.54 Å². The van der Waals surface area contributed by atoms with E-state index < -0.39 is 0 Å². The van der Waals surface area contributed by atoms with Crippen molar-refractivity contribution in [1.29, 1.82) is 0 Å². The maximum Gasteiger partial charge on any atom is 0.113 e. The Morgan fingerprint density at radius 1 is 1.50 bits per heavy atom. The van der Waals surface area contributed by atoms with Gasteiger partial charge in [0.05, 0.1) is 17.4 Å². The minimum atomic E-state index is -0.371. The molecule has 16 heavy (non-hydrogen) atoms. The number of rotatable bonds is 3. The number of hydrogen-bond donors (Lipinski definition) is 1. The van der Waals surface area contributed by atoms with E-state index in [9.17, 15) is 0 Å². The van der Waals surface area contributed by atoms with Gasteiger partial charge in [-0.15, -0.1) is 11.3 Å². The van der Waals surface area contributed by atoms with E-state index in [1.54, 1.807) is 11.3 Å². The fourth-order valence-electron chi connectivity index (χ4n) is 1.37. The Morgan fingerprint density at radius 2 is 2.25 bits per heavy atom. The lowest BCUT2D eigenvalue weighted by molar-refractivity contribution is 0.551. The molecule has 0 aliphatic rings. The molecule has 0 spiro atoms. The zero-order valence-corrected chi connectivity index (χ0v) is 10.6. The summed E-state index contributed by atoms with van der Waals surface area (Å²) in [5.74, 6) is 0. The normalized spacial score (nSPS) is 12.0. The average molecular weight is 236 g/mol. The first-order chi connectivity index (χ1) is 7.50. The predicted octanol–water partition coefficient (Wildman–Crippen LogP) is 2.22. The molecule has 0 aliphatic heterocycles. The highest BCUT2D eigenvalue weighted by molar-refractivity contribution is 7.10. The smallest absolute Gasteiger partial charge is 0.113 e. The Balaban J connectivity index is 2.31. The van der Waals surface area contributed by atoms with E-state index in [4.69, 9.17) is 5.73 Å². The minimum absolute atomic E-state index is 0.371. The van der Waals surface area contributed by atoms with Crippen molar-refractivity contribution >= 4 is 11.3 Å². The molecule has 2 rings (SSSR count). The molecule has 4 nitrogen and oxygen atoms in total. The van der Waals surface area contributed by atoms with Gasteiger partial charge in [-0.1, -0.05) is 0 Å². The Hall–Kier alpha value is -1.20. The van der Waals surface area contributed by atoms with Gasteiger partial charge in [0.15, 0.2) is 0 Å². The molecule has 2 aromatic rings. The van der Waals surface area contributed by atoms with Crippen LogP contribution in [-0.4, -0.2) is 14.8 Å². The van der Waals surface area contributed by atoms with Crippen molar-refractivity contribution in [2.45, 2.75) is 32.9 Å². The first kappa shape index (κ1) is 11.3. The number of hydrogen-bond acceptors (Lipinski definition) is 4. The van der Waals surface area contributed by atoms with Crippen LogP contribution in [0.5, 0.6) is 0 Å². The molecule has 0 atom stereocenters. The predicted molar refractivity (Wildman–Crippen MR) is 66.2 cm³/mol. The molecule has 86 valence electrons. The second-order valence-electron chi connectivity index (χ2n) is 4.34. The number of nitrogens with two attached hydrogens (primary N) is 1. The molecule has 2 aromatic heterocycles. The van der Waals surface area contributed by atoms with Gasteiger partial charge >= 0.3 is 0 Å². The molecule has 0 amide bonds. The average Bonchev–Trinajstić information content (AvgIpc) is 2.85. The highest BCUT2D eigenvalue weighted by Gasteiger charge is 2.19. The van der Waals surface area contributed by atoms with Gasteiger partial charge in [-0.3, -0.25) is 4.68 Å². The molecule has 0 saturated carbocycles. The summed E-state index contributed by atoms with van der Waals surface area (Å²) >= 11 is 1.60. The zero-order valence-electron chi connectivity index (χ0n) is 9.77. The third kappa shape index (κ3) is 2.15. The van der Waals surface area contributed by atoms with Crippen LogP contribution in [0.15, 0.2) is 17.8 Å². The number of nitrogens with zero attached hydrogens (tertiary/aromatic N) is 3. The number of aromatic nitrogens is 3.